The van der Waals surface area contributed by atoms with Crippen LogP contribution in [0.3, 0.4) is 0 Å². The quantitative estimate of drug-likeness (QED) is 0.910. The molecule has 0 spiro atoms. The molecule has 1 aromatic heterocycles. The van der Waals surface area contributed by atoms with Gasteiger partial charge in [0.25, 0.3) is 0 Å². The second-order valence-corrected chi connectivity index (χ2v) is 5.26. The van der Waals surface area contributed by atoms with Crippen molar-refractivity contribution in [2.45, 2.75) is 38.2 Å². The number of ether oxygens (including phenoxy) is 1. The van der Waals surface area contributed by atoms with Crippen LogP contribution in [0, 0.1) is 0 Å². The van der Waals surface area contributed by atoms with Gasteiger partial charge in [0.05, 0.1) is 6.54 Å². The number of rotatable bonds is 5. The molecule has 0 aliphatic heterocycles. The molecular weight excluding hydrogens is 297 g/mol. The minimum atomic E-state index is -4.68. The number of halogens is 3. The summed E-state index contributed by atoms with van der Waals surface area (Å²) >= 11 is 0. The molecule has 1 saturated carbocycles. The maximum absolute atomic E-state index is 12.1. The number of aromatic nitrogens is 1. The molecule has 2 aromatic rings. The molecule has 1 heterocycles. The van der Waals surface area contributed by atoms with Crippen LogP contribution < -0.4 is 10.1 Å². The van der Waals surface area contributed by atoms with Gasteiger partial charge in [-0.05, 0) is 37.1 Å². The number of nitrogens with one attached hydrogen (secondary N) is 1. The standard InChI is InChI=1S/C15H15F3N2O2/c16-15(17,18)21-12-6-4-10(5-7-12)14-8-13(22-20-14)9-19-11-2-1-3-11/h4-8,11,19H,1-3,9H2. The number of nitrogens with zero attached hydrogens (tertiary/aromatic N) is 1. The van der Waals surface area contributed by atoms with E-state index in [1.807, 2.05) is 0 Å². The van der Waals surface area contributed by atoms with Crippen LogP contribution >= 0.6 is 0 Å². The molecule has 0 bridgehead atoms. The maximum atomic E-state index is 12.1. The average Bonchev–Trinajstić information content (AvgIpc) is 2.85. The van der Waals surface area contributed by atoms with Crippen LogP contribution in [0.4, 0.5) is 13.2 Å². The molecule has 0 unspecified atom stereocenters. The van der Waals surface area contributed by atoms with E-state index in [0.717, 1.165) is 0 Å². The van der Waals surface area contributed by atoms with Gasteiger partial charge in [0.15, 0.2) is 5.76 Å². The van der Waals surface area contributed by atoms with E-state index >= 15 is 0 Å². The van der Waals surface area contributed by atoms with E-state index in [4.69, 9.17) is 4.52 Å². The molecule has 4 nitrogen and oxygen atoms in total. The van der Waals surface area contributed by atoms with Gasteiger partial charge in [-0.25, -0.2) is 0 Å². The van der Waals surface area contributed by atoms with Crippen molar-refractivity contribution < 1.29 is 22.4 Å². The third-order valence-electron chi connectivity index (χ3n) is 3.61. The van der Waals surface area contributed by atoms with Crippen molar-refractivity contribution in [1.82, 2.24) is 10.5 Å². The summed E-state index contributed by atoms with van der Waals surface area (Å²) in [6.45, 7) is 0.604. The molecule has 1 aromatic carbocycles. The van der Waals surface area contributed by atoms with Crippen LogP contribution in [-0.2, 0) is 6.54 Å². The first-order valence-electron chi connectivity index (χ1n) is 7.05. The topological polar surface area (TPSA) is 47.3 Å². The highest BCUT2D eigenvalue weighted by atomic mass is 19.4. The highest BCUT2D eigenvalue weighted by Crippen LogP contribution is 2.26. The van der Waals surface area contributed by atoms with Gasteiger partial charge in [-0.1, -0.05) is 11.6 Å². The van der Waals surface area contributed by atoms with Crippen molar-refractivity contribution in [3.05, 3.63) is 36.1 Å². The molecular formula is C15H15F3N2O2. The molecule has 0 amide bonds. The normalized spacial score (nSPS) is 15.6. The molecule has 0 saturated heterocycles. The molecule has 0 atom stereocenters. The third-order valence-corrected chi connectivity index (χ3v) is 3.61. The highest BCUT2D eigenvalue weighted by Gasteiger charge is 2.31. The molecule has 118 valence electrons. The fourth-order valence-electron chi connectivity index (χ4n) is 2.22. The lowest BCUT2D eigenvalue weighted by molar-refractivity contribution is -0.274. The third kappa shape index (κ3) is 3.79. The fraction of sp³-hybridized carbons (Fsp3) is 0.400. The summed E-state index contributed by atoms with van der Waals surface area (Å²) in [5, 5.41) is 7.29. The van der Waals surface area contributed by atoms with Gasteiger partial charge >= 0.3 is 6.36 Å². The van der Waals surface area contributed by atoms with E-state index in [0.29, 0.717) is 29.6 Å². The van der Waals surface area contributed by atoms with Crippen molar-refractivity contribution in [3.8, 4) is 17.0 Å². The summed E-state index contributed by atoms with van der Waals surface area (Å²) in [7, 11) is 0. The van der Waals surface area contributed by atoms with Crippen LogP contribution in [0.2, 0.25) is 0 Å². The predicted molar refractivity (Wildman–Crippen MR) is 73.1 cm³/mol. The van der Waals surface area contributed by atoms with E-state index in [-0.39, 0.29) is 5.75 Å². The van der Waals surface area contributed by atoms with Crippen LogP contribution in [0.15, 0.2) is 34.9 Å². The van der Waals surface area contributed by atoms with Gasteiger partial charge in [-0.15, -0.1) is 13.2 Å². The zero-order valence-corrected chi connectivity index (χ0v) is 11.7. The lowest BCUT2D eigenvalue weighted by Gasteiger charge is -2.25. The van der Waals surface area contributed by atoms with Gasteiger partial charge in [0, 0.05) is 17.7 Å². The summed E-state index contributed by atoms with van der Waals surface area (Å²) in [5.74, 6) is 0.448. The van der Waals surface area contributed by atoms with E-state index in [1.54, 1.807) is 6.07 Å². The number of hydrogen-bond donors (Lipinski definition) is 1. The Balaban J connectivity index is 1.62. The first kappa shape index (κ1) is 14.9. The first-order chi connectivity index (χ1) is 10.5. The molecule has 22 heavy (non-hydrogen) atoms. The molecule has 3 rings (SSSR count). The molecule has 7 heteroatoms. The Kier molecular flexibility index (Phi) is 4.06. The minimum absolute atomic E-state index is 0.258. The zero-order valence-electron chi connectivity index (χ0n) is 11.7. The summed E-state index contributed by atoms with van der Waals surface area (Å²) < 4.78 is 45.3. The van der Waals surface area contributed by atoms with Gasteiger partial charge in [-0.2, -0.15) is 0 Å². The smallest absolute Gasteiger partial charge is 0.406 e. The van der Waals surface area contributed by atoms with Crippen LogP contribution in [0.25, 0.3) is 11.3 Å². The second-order valence-electron chi connectivity index (χ2n) is 5.26. The monoisotopic (exact) mass is 312 g/mol. The Bertz CT molecular complexity index is 618. The lowest BCUT2D eigenvalue weighted by atomic mass is 9.93. The molecule has 1 aliphatic carbocycles. The van der Waals surface area contributed by atoms with Crippen molar-refractivity contribution in [2.75, 3.05) is 0 Å². The van der Waals surface area contributed by atoms with E-state index < -0.39 is 6.36 Å². The number of alkyl halides is 3. The van der Waals surface area contributed by atoms with Crippen molar-refractivity contribution in [2.24, 2.45) is 0 Å². The molecule has 1 N–H and O–H groups in total. The lowest BCUT2D eigenvalue weighted by Crippen LogP contribution is -2.34. The summed E-state index contributed by atoms with van der Waals surface area (Å²) in [5.41, 5.74) is 1.26. The Labute approximate surface area is 125 Å². The van der Waals surface area contributed by atoms with Crippen molar-refractivity contribution >= 4 is 0 Å². The van der Waals surface area contributed by atoms with E-state index in [1.165, 1.54) is 43.5 Å². The number of benzene rings is 1. The average molecular weight is 312 g/mol. The molecule has 1 aliphatic rings. The summed E-state index contributed by atoms with van der Waals surface area (Å²) in [6.07, 6.45) is -1.06. The minimum Gasteiger partial charge on any atom is -0.406 e. The number of hydrogen-bond acceptors (Lipinski definition) is 4. The van der Waals surface area contributed by atoms with Gasteiger partial charge < -0.3 is 14.6 Å². The Morgan fingerprint density at radius 1 is 1.23 bits per heavy atom. The fourth-order valence-corrected chi connectivity index (χ4v) is 2.22. The predicted octanol–water partition coefficient (Wildman–Crippen LogP) is 3.88. The van der Waals surface area contributed by atoms with Crippen LogP contribution in [-0.4, -0.2) is 17.6 Å². The van der Waals surface area contributed by atoms with E-state index in [9.17, 15) is 13.2 Å². The molecule has 0 radical (unpaired) electrons. The van der Waals surface area contributed by atoms with Crippen LogP contribution in [0.1, 0.15) is 25.0 Å². The highest BCUT2D eigenvalue weighted by molar-refractivity contribution is 5.59. The Morgan fingerprint density at radius 3 is 2.55 bits per heavy atom. The molecule has 1 fully saturated rings. The largest absolute Gasteiger partial charge is 0.573 e. The van der Waals surface area contributed by atoms with Gasteiger partial charge in [0.1, 0.15) is 11.4 Å². The van der Waals surface area contributed by atoms with Gasteiger partial charge in [0.2, 0.25) is 0 Å². The zero-order chi connectivity index (χ0) is 15.6. The summed E-state index contributed by atoms with van der Waals surface area (Å²) in [4.78, 5) is 0. The first-order valence-corrected chi connectivity index (χ1v) is 7.05. The maximum Gasteiger partial charge on any atom is 0.573 e. The Hall–Kier alpha value is -2.02. The SMILES string of the molecule is FC(F)(F)Oc1ccc(-c2cc(CNC3CCC3)on2)cc1. The van der Waals surface area contributed by atoms with E-state index in [2.05, 4.69) is 15.2 Å². The second kappa shape index (κ2) is 6.00. The van der Waals surface area contributed by atoms with Crippen molar-refractivity contribution in [3.63, 3.8) is 0 Å². The van der Waals surface area contributed by atoms with Crippen LogP contribution in [0.5, 0.6) is 5.75 Å². The summed E-state index contributed by atoms with van der Waals surface area (Å²) in [6, 6.07) is 7.87. The Morgan fingerprint density at radius 2 is 1.95 bits per heavy atom. The van der Waals surface area contributed by atoms with Gasteiger partial charge in [-0.3, -0.25) is 0 Å². The van der Waals surface area contributed by atoms with Crippen molar-refractivity contribution in [1.29, 1.82) is 0 Å².